The Morgan fingerprint density at radius 2 is 1.93 bits per heavy atom. The van der Waals surface area contributed by atoms with E-state index >= 15 is 0 Å². The lowest BCUT2D eigenvalue weighted by Crippen LogP contribution is -2.32. The Hall–Kier alpha value is -3.97. The molecule has 27 heavy (non-hydrogen) atoms. The number of pyridine rings is 1. The Balaban J connectivity index is 1.53. The molecule has 130 valence electrons. The molecule has 1 aliphatic heterocycles. The van der Waals surface area contributed by atoms with Gasteiger partial charge in [-0.05, 0) is 30.3 Å². The molecule has 0 amide bonds. The molecule has 1 aromatic carbocycles. The summed E-state index contributed by atoms with van der Waals surface area (Å²) in [7, 11) is 0. The van der Waals surface area contributed by atoms with Crippen molar-refractivity contribution in [3.63, 3.8) is 0 Å². The van der Waals surface area contributed by atoms with E-state index in [0.717, 1.165) is 35.7 Å². The molecule has 0 spiro atoms. The van der Waals surface area contributed by atoms with Gasteiger partial charge in [0.2, 0.25) is 5.95 Å². The predicted molar refractivity (Wildman–Crippen MR) is 100 cm³/mol. The number of nitrogens with zero attached hydrogens (tertiary/aromatic N) is 6. The molecule has 7 nitrogen and oxygen atoms in total. The fourth-order valence-electron chi connectivity index (χ4n) is 3.03. The molecule has 0 saturated heterocycles. The molecule has 0 saturated carbocycles. The topological polar surface area (TPSA) is 102 Å². The van der Waals surface area contributed by atoms with Crippen LogP contribution in [-0.4, -0.2) is 21.5 Å². The molecule has 0 fully saturated rings. The van der Waals surface area contributed by atoms with Crippen molar-refractivity contribution in [1.29, 1.82) is 10.5 Å². The summed E-state index contributed by atoms with van der Waals surface area (Å²) in [5, 5.41) is 21.2. The fourth-order valence-corrected chi connectivity index (χ4v) is 3.03. The van der Waals surface area contributed by atoms with E-state index in [2.05, 4.69) is 37.3 Å². The van der Waals surface area contributed by atoms with E-state index in [1.165, 1.54) is 0 Å². The lowest BCUT2D eigenvalue weighted by Gasteiger charge is -2.29. The van der Waals surface area contributed by atoms with Crippen molar-refractivity contribution in [3.8, 4) is 12.1 Å². The van der Waals surface area contributed by atoms with Crippen LogP contribution in [-0.2, 0) is 13.0 Å². The summed E-state index contributed by atoms with van der Waals surface area (Å²) in [5.41, 5.74) is 3.82. The van der Waals surface area contributed by atoms with Gasteiger partial charge in [0.1, 0.15) is 17.6 Å². The largest absolute Gasteiger partial charge is 0.352 e. The predicted octanol–water partition coefficient (Wildman–Crippen LogP) is 2.92. The number of nitriles is 2. The van der Waals surface area contributed by atoms with E-state index in [0.29, 0.717) is 23.8 Å². The zero-order valence-corrected chi connectivity index (χ0v) is 14.4. The van der Waals surface area contributed by atoms with Crippen LogP contribution >= 0.6 is 0 Å². The minimum atomic E-state index is 0.411. The van der Waals surface area contributed by atoms with Crippen LogP contribution in [0.25, 0.3) is 0 Å². The molecule has 1 N–H and O–H groups in total. The maximum absolute atomic E-state index is 9.03. The zero-order valence-electron chi connectivity index (χ0n) is 14.4. The number of fused-ring (bicyclic) bond motifs is 1. The Morgan fingerprint density at radius 3 is 2.78 bits per heavy atom. The van der Waals surface area contributed by atoms with Gasteiger partial charge in [-0.1, -0.05) is 12.1 Å². The molecule has 7 heteroatoms. The van der Waals surface area contributed by atoms with Gasteiger partial charge in [-0.2, -0.15) is 10.5 Å². The highest BCUT2D eigenvalue weighted by molar-refractivity contribution is 5.56. The molecule has 0 aliphatic carbocycles. The Labute approximate surface area is 156 Å². The number of hydrogen-bond donors (Lipinski definition) is 1. The lowest BCUT2D eigenvalue weighted by atomic mass is 10.1. The molecule has 4 rings (SSSR count). The van der Waals surface area contributed by atoms with Gasteiger partial charge in [-0.15, -0.1) is 0 Å². The van der Waals surface area contributed by atoms with Gasteiger partial charge >= 0.3 is 0 Å². The molecule has 0 bridgehead atoms. The monoisotopic (exact) mass is 353 g/mol. The standard InChI is InChI=1S/C20H15N7/c21-10-14-3-1-4-16(9-14)25-20-23-12-15-13-27(8-7-18(15)26-20)19-6-2-5-17(11-22)24-19/h1-6,9,12H,7-8,13H2,(H,23,25,26). The second-order valence-corrected chi connectivity index (χ2v) is 6.15. The Morgan fingerprint density at radius 1 is 1.04 bits per heavy atom. The van der Waals surface area contributed by atoms with Gasteiger partial charge in [-0.25, -0.2) is 15.0 Å². The van der Waals surface area contributed by atoms with E-state index < -0.39 is 0 Å². The van der Waals surface area contributed by atoms with Crippen molar-refractivity contribution in [3.05, 3.63) is 71.2 Å². The minimum Gasteiger partial charge on any atom is -0.352 e. The zero-order chi connectivity index (χ0) is 18.6. The van der Waals surface area contributed by atoms with E-state index in [9.17, 15) is 0 Å². The first-order valence-electron chi connectivity index (χ1n) is 8.49. The summed E-state index contributed by atoms with van der Waals surface area (Å²) in [6.07, 6.45) is 2.59. The second kappa shape index (κ2) is 7.11. The van der Waals surface area contributed by atoms with Crippen molar-refractivity contribution >= 4 is 17.5 Å². The smallest absolute Gasteiger partial charge is 0.227 e. The highest BCUT2D eigenvalue weighted by atomic mass is 15.2. The van der Waals surface area contributed by atoms with Crippen LogP contribution in [0.3, 0.4) is 0 Å². The molecule has 0 radical (unpaired) electrons. The molecule has 3 aromatic rings. The third kappa shape index (κ3) is 3.53. The third-order valence-corrected chi connectivity index (χ3v) is 4.35. The van der Waals surface area contributed by atoms with Crippen LogP contribution in [0.4, 0.5) is 17.5 Å². The third-order valence-electron chi connectivity index (χ3n) is 4.35. The molecule has 0 unspecified atom stereocenters. The number of rotatable bonds is 3. The van der Waals surface area contributed by atoms with E-state index in [1.807, 2.05) is 30.5 Å². The molecule has 1 aliphatic rings. The van der Waals surface area contributed by atoms with Crippen LogP contribution in [0.15, 0.2) is 48.7 Å². The van der Waals surface area contributed by atoms with Gasteiger partial charge in [0.05, 0.1) is 17.3 Å². The number of hydrogen-bond acceptors (Lipinski definition) is 7. The van der Waals surface area contributed by atoms with Crippen LogP contribution in [0.5, 0.6) is 0 Å². The summed E-state index contributed by atoms with van der Waals surface area (Å²) in [4.78, 5) is 15.5. The molecule has 0 atom stereocenters. The number of benzene rings is 1. The highest BCUT2D eigenvalue weighted by Gasteiger charge is 2.20. The van der Waals surface area contributed by atoms with Crippen molar-refractivity contribution in [2.24, 2.45) is 0 Å². The van der Waals surface area contributed by atoms with Gasteiger partial charge in [0.15, 0.2) is 0 Å². The first kappa shape index (κ1) is 16.5. The quantitative estimate of drug-likeness (QED) is 0.772. The Bertz CT molecular complexity index is 1080. The van der Waals surface area contributed by atoms with E-state index in [4.69, 9.17) is 10.5 Å². The van der Waals surface area contributed by atoms with E-state index in [-0.39, 0.29) is 0 Å². The second-order valence-electron chi connectivity index (χ2n) is 6.15. The first-order valence-corrected chi connectivity index (χ1v) is 8.49. The highest BCUT2D eigenvalue weighted by Crippen LogP contribution is 2.23. The van der Waals surface area contributed by atoms with Crippen molar-refractivity contribution in [1.82, 2.24) is 15.0 Å². The van der Waals surface area contributed by atoms with Crippen LogP contribution < -0.4 is 10.2 Å². The number of aromatic nitrogens is 3. The lowest BCUT2D eigenvalue weighted by molar-refractivity contribution is 0.697. The molecular formula is C20H15N7. The molecular weight excluding hydrogens is 338 g/mol. The SMILES string of the molecule is N#Cc1cccc(Nc2ncc3c(n2)CCN(c2cccc(C#N)n2)C3)c1. The van der Waals surface area contributed by atoms with Crippen molar-refractivity contribution < 1.29 is 0 Å². The average molecular weight is 353 g/mol. The van der Waals surface area contributed by atoms with Crippen LogP contribution in [0.2, 0.25) is 0 Å². The maximum Gasteiger partial charge on any atom is 0.227 e. The normalized spacial score (nSPS) is 12.6. The fraction of sp³-hybridized carbons (Fsp3) is 0.150. The summed E-state index contributed by atoms with van der Waals surface area (Å²) in [6.45, 7) is 1.43. The number of nitrogens with one attached hydrogen (secondary N) is 1. The van der Waals surface area contributed by atoms with Gasteiger partial charge in [-0.3, -0.25) is 0 Å². The molecule has 3 heterocycles. The van der Waals surface area contributed by atoms with Crippen molar-refractivity contribution in [2.75, 3.05) is 16.8 Å². The number of anilines is 3. The van der Waals surface area contributed by atoms with Gasteiger partial charge in [0, 0.05) is 37.0 Å². The summed E-state index contributed by atoms with van der Waals surface area (Å²) >= 11 is 0. The maximum atomic E-state index is 9.03. The van der Waals surface area contributed by atoms with Crippen molar-refractivity contribution in [2.45, 2.75) is 13.0 Å². The first-order chi connectivity index (χ1) is 13.2. The van der Waals surface area contributed by atoms with Crippen LogP contribution in [0.1, 0.15) is 22.5 Å². The van der Waals surface area contributed by atoms with Crippen LogP contribution in [0, 0.1) is 22.7 Å². The molecule has 2 aromatic heterocycles. The van der Waals surface area contributed by atoms with Gasteiger partial charge in [0.25, 0.3) is 0 Å². The minimum absolute atomic E-state index is 0.411. The summed E-state index contributed by atoms with van der Waals surface area (Å²) < 4.78 is 0. The summed E-state index contributed by atoms with van der Waals surface area (Å²) in [6, 6.07) is 16.8. The van der Waals surface area contributed by atoms with E-state index in [1.54, 1.807) is 18.2 Å². The van der Waals surface area contributed by atoms with Gasteiger partial charge < -0.3 is 10.2 Å². The average Bonchev–Trinajstić information content (AvgIpc) is 2.73. The Kier molecular flexibility index (Phi) is 4.34. The summed E-state index contributed by atoms with van der Waals surface area (Å²) in [5.74, 6) is 1.30.